The van der Waals surface area contributed by atoms with Crippen molar-refractivity contribution in [2.24, 2.45) is 11.7 Å². The summed E-state index contributed by atoms with van der Waals surface area (Å²) in [4.78, 5) is 22.5. The standard InChI is InChI=1S/C16H23N5O2/c17-4-2-1-3-16(23)21-9-12(14(22)11-21)7-13-10-20-6-5-18-15(20)8-19-13/h5-6,8,10,12,14,22H,1-4,7,9,11,17H2/t12-,14+/m0/s1. The van der Waals surface area contributed by atoms with Gasteiger partial charge in [-0.3, -0.25) is 9.78 Å². The molecule has 1 amide bonds. The van der Waals surface area contributed by atoms with E-state index in [2.05, 4.69) is 9.97 Å². The molecule has 0 aliphatic carbocycles. The second-order valence-electron chi connectivity index (χ2n) is 6.15. The van der Waals surface area contributed by atoms with Crippen LogP contribution >= 0.6 is 0 Å². The van der Waals surface area contributed by atoms with Crippen molar-refractivity contribution >= 4 is 11.6 Å². The lowest BCUT2D eigenvalue weighted by Crippen LogP contribution is -2.29. The van der Waals surface area contributed by atoms with Crippen LogP contribution in [0.3, 0.4) is 0 Å². The number of nitrogens with zero attached hydrogens (tertiary/aromatic N) is 4. The van der Waals surface area contributed by atoms with Crippen LogP contribution in [0.4, 0.5) is 0 Å². The molecule has 2 atom stereocenters. The first-order valence-electron chi connectivity index (χ1n) is 8.11. The van der Waals surface area contributed by atoms with Gasteiger partial charge in [-0.05, 0) is 25.8 Å². The monoisotopic (exact) mass is 317 g/mol. The van der Waals surface area contributed by atoms with Gasteiger partial charge in [0.05, 0.1) is 18.0 Å². The molecule has 1 saturated heterocycles. The van der Waals surface area contributed by atoms with Crippen molar-refractivity contribution in [2.45, 2.75) is 31.8 Å². The van der Waals surface area contributed by atoms with Crippen molar-refractivity contribution in [3.8, 4) is 0 Å². The van der Waals surface area contributed by atoms with E-state index in [1.54, 1.807) is 17.3 Å². The molecule has 23 heavy (non-hydrogen) atoms. The Kier molecular flexibility index (Phi) is 4.88. The van der Waals surface area contributed by atoms with Crippen molar-refractivity contribution in [2.75, 3.05) is 19.6 Å². The van der Waals surface area contributed by atoms with Crippen LogP contribution < -0.4 is 5.73 Å². The maximum atomic E-state index is 12.1. The summed E-state index contributed by atoms with van der Waals surface area (Å²) in [6, 6.07) is 0. The molecule has 1 aliphatic rings. The third-order valence-electron chi connectivity index (χ3n) is 4.41. The first-order chi connectivity index (χ1) is 11.2. The SMILES string of the molecule is NCCCCC(=O)N1C[C@H](Cc2cn3ccnc3cn2)[C@H](O)C1. The highest BCUT2D eigenvalue weighted by Gasteiger charge is 2.33. The number of carbonyl (C=O) groups is 1. The molecule has 2 aromatic rings. The molecule has 0 unspecified atom stereocenters. The summed E-state index contributed by atoms with van der Waals surface area (Å²) in [6.45, 7) is 1.62. The van der Waals surface area contributed by atoms with Gasteiger partial charge < -0.3 is 20.1 Å². The Morgan fingerprint density at radius 1 is 1.35 bits per heavy atom. The van der Waals surface area contributed by atoms with Crippen LogP contribution in [0.15, 0.2) is 24.8 Å². The molecule has 0 aromatic carbocycles. The van der Waals surface area contributed by atoms with E-state index >= 15 is 0 Å². The molecule has 1 fully saturated rings. The number of nitrogens with two attached hydrogens (primary N) is 1. The van der Waals surface area contributed by atoms with Gasteiger partial charge >= 0.3 is 0 Å². The molecule has 3 rings (SSSR count). The van der Waals surface area contributed by atoms with Crippen molar-refractivity contribution in [3.05, 3.63) is 30.5 Å². The zero-order chi connectivity index (χ0) is 16.2. The van der Waals surface area contributed by atoms with E-state index in [0.717, 1.165) is 24.2 Å². The zero-order valence-corrected chi connectivity index (χ0v) is 13.1. The Bertz CT molecular complexity index is 671. The van der Waals surface area contributed by atoms with E-state index in [0.29, 0.717) is 32.5 Å². The molecular weight excluding hydrogens is 294 g/mol. The van der Waals surface area contributed by atoms with Crippen molar-refractivity contribution < 1.29 is 9.90 Å². The van der Waals surface area contributed by atoms with Crippen LogP contribution in [-0.2, 0) is 11.2 Å². The van der Waals surface area contributed by atoms with Gasteiger partial charge in [0.15, 0.2) is 5.65 Å². The minimum atomic E-state index is -0.492. The fourth-order valence-electron chi connectivity index (χ4n) is 3.08. The van der Waals surface area contributed by atoms with E-state index in [4.69, 9.17) is 5.73 Å². The second kappa shape index (κ2) is 7.06. The smallest absolute Gasteiger partial charge is 0.222 e. The number of rotatable bonds is 6. The third-order valence-corrected chi connectivity index (χ3v) is 4.41. The average molecular weight is 317 g/mol. The number of carbonyl (C=O) groups excluding carboxylic acids is 1. The summed E-state index contributed by atoms with van der Waals surface area (Å²) in [6.07, 6.45) is 9.61. The first kappa shape index (κ1) is 15.9. The molecule has 1 aliphatic heterocycles. The molecule has 7 heteroatoms. The van der Waals surface area contributed by atoms with Crippen LogP contribution in [0.1, 0.15) is 25.0 Å². The average Bonchev–Trinajstić information content (AvgIpc) is 3.14. The summed E-state index contributed by atoms with van der Waals surface area (Å²) in [7, 11) is 0. The Morgan fingerprint density at radius 2 is 2.22 bits per heavy atom. The quantitative estimate of drug-likeness (QED) is 0.743. The molecule has 7 nitrogen and oxygen atoms in total. The predicted molar refractivity (Wildman–Crippen MR) is 85.7 cm³/mol. The third kappa shape index (κ3) is 3.68. The van der Waals surface area contributed by atoms with Crippen LogP contribution in [0.5, 0.6) is 0 Å². The van der Waals surface area contributed by atoms with Gasteiger partial charge in [-0.15, -0.1) is 0 Å². The normalized spacial score (nSPS) is 21.2. The summed E-state index contributed by atoms with van der Waals surface area (Å²) >= 11 is 0. The lowest BCUT2D eigenvalue weighted by atomic mass is 10.0. The largest absolute Gasteiger partial charge is 0.391 e. The molecule has 2 aromatic heterocycles. The van der Waals surface area contributed by atoms with Crippen LogP contribution in [0, 0.1) is 5.92 Å². The zero-order valence-electron chi connectivity index (χ0n) is 13.1. The number of fused-ring (bicyclic) bond motifs is 1. The van der Waals surface area contributed by atoms with Crippen LogP contribution in [0.25, 0.3) is 5.65 Å². The number of aliphatic hydroxyl groups excluding tert-OH is 1. The lowest BCUT2D eigenvalue weighted by molar-refractivity contribution is -0.130. The number of aromatic nitrogens is 3. The minimum absolute atomic E-state index is 0.0296. The maximum Gasteiger partial charge on any atom is 0.222 e. The van der Waals surface area contributed by atoms with E-state index < -0.39 is 6.10 Å². The van der Waals surface area contributed by atoms with Gasteiger partial charge in [-0.2, -0.15) is 0 Å². The van der Waals surface area contributed by atoms with Gasteiger partial charge in [0, 0.05) is 44.0 Å². The molecule has 0 saturated carbocycles. The Balaban J connectivity index is 1.59. The number of hydrogen-bond donors (Lipinski definition) is 2. The van der Waals surface area contributed by atoms with Crippen LogP contribution in [-0.4, -0.2) is 56.0 Å². The fourth-order valence-corrected chi connectivity index (χ4v) is 3.08. The minimum Gasteiger partial charge on any atom is -0.391 e. The molecule has 0 radical (unpaired) electrons. The maximum absolute atomic E-state index is 12.1. The molecule has 0 bridgehead atoms. The molecule has 124 valence electrons. The van der Waals surface area contributed by atoms with Crippen molar-refractivity contribution in [1.29, 1.82) is 0 Å². The fraction of sp³-hybridized carbons (Fsp3) is 0.562. The number of imidazole rings is 1. The van der Waals surface area contributed by atoms with Gasteiger partial charge in [-0.25, -0.2) is 4.98 Å². The number of β-amino-alcohol motifs (C(OH)–C–C–N with tert-alkyl or cyclic N) is 1. The molecule has 3 N–H and O–H groups in total. The highest BCUT2D eigenvalue weighted by molar-refractivity contribution is 5.76. The number of amides is 1. The number of hydrogen-bond acceptors (Lipinski definition) is 5. The lowest BCUT2D eigenvalue weighted by Gasteiger charge is -2.16. The van der Waals surface area contributed by atoms with Crippen LogP contribution in [0.2, 0.25) is 0 Å². The molecular formula is C16H23N5O2. The van der Waals surface area contributed by atoms with Gasteiger partial charge in [-0.1, -0.05) is 0 Å². The molecule has 3 heterocycles. The summed E-state index contributed by atoms with van der Waals surface area (Å²) in [5.74, 6) is 0.139. The van der Waals surface area contributed by atoms with Gasteiger partial charge in [0.1, 0.15) is 0 Å². The molecule has 0 spiro atoms. The van der Waals surface area contributed by atoms with E-state index in [1.165, 1.54) is 0 Å². The summed E-state index contributed by atoms with van der Waals surface area (Å²) in [5.41, 5.74) is 7.15. The topological polar surface area (TPSA) is 96.8 Å². The van der Waals surface area contributed by atoms with Gasteiger partial charge in [0.2, 0.25) is 5.91 Å². The number of unbranched alkanes of at least 4 members (excludes halogenated alkanes) is 1. The first-order valence-corrected chi connectivity index (χ1v) is 8.11. The summed E-state index contributed by atoms with van der Waals surface area (Å²) < 4.78 is 1.92. The van der Waals surface area contributed by atoms with E-state index in [9.17, 15) is 9.90 Å². The van der Waals surface area contributed by atoms with Crippen molar-refractivity contribution in [1.82, 2.24) is 19.3 Å². The number of likely N-dealkylation sites (tertiary alicyclic amines) is 1. The highest BCUT2D eigenvalue weighted by Crippen LogP contribution is 2.22. The van der Waals surface area contributed by atoms with Crippen molar-refractivity contribution in [3.63, 3.8) is 0 Å². The number of aliphatic hydroxyl groups is 1. The van der Waals surface area contributed by atoms with Gasteiger partial charge in [0.25, 0.3) is 0 Å². The Labute approximate surface area is 135 Å². The van der Waals surface area contributed by atoms with E-state index in [1.807, 2.05) is 16.8 Å². The highest BCUT2D eigenvalue weighted by atomic mass is 16.3. The van der Waals surface area contributed by atoms with E-state index in [-0.39, 0.29) is 11.8 Å². The second-order valence-corrected chi connectivity index (χ2v) is 6.15. The predicted octanol–water partition coefficient (Wildman–Crippen LogP) is 0.220. The summed E-state index contributed by atoms with van der Waals surface area (Å²) in [5, 5.41) is 10.3. The Hall–Kier alpha value is -1.99. The Morgan fingerprint density at radius 3 is 3.04 bits per heavy atom.